The van der Waals surface area contributed by atoms with Gasteiger partial charge in [0.15, 0.2) is 0 Å². The number of para-hydroxylation sites is 2. The second kappa shape index (κ2) is 11.4. The maximum atomic E-state index is 13.0. The molecular weight excluding hydrogens is 453 g/mol. The number of ether oxygens (including phenoxy) is 2. The summed E-state index contributed by atoms with van der Waals surface area (Å²) in [5.41, 5.74) is 0.515. The van der Waals surface area contributed by atoms with Crippen LogP contribution in [0.3, 0.4) is 0 Å². The van der Waals surface area contributed by atoms with Crippen LogP contribution in [0, 0.1) is 5.82 Å². The molecule has 1 aliphatic heterocycles. The van der Waals surface area contributed by atoms with Crippen LogP contribution in [0.25, 0.3) is 0 Å². The summed E-state index contributed by atoms with van der Waals surface area (Å²) in [5, 5.41) is 15.3. The van der Waals surface area contributed by atoms with E-state index < -0.39 is 34.0 Å². The summed E-state index contributed by atoms with van der Waals surface area (Å²) in [6.45, 7) is -0.174. The predicted octanol–water partition coefficient (Wildman–Crippen LogP) is 2.23. The van der Waals surface area contributed by atoms with Gasteiger partial charge in [-0.1, -0.05) is 12.1 Å². The van der Waals surface area contributed by atoms with E-state index in [2.05, 4.69) is 15.4 Å². The van der Waals surface area contributed by atoms with E-state index in [9.17, 15) is 22.7 Å². The molecule has 0 unspecified atom stereocenters. The Bertz CT molecular complexity index is 1030. The van der Waals surface area contributed by atoms with E-state index in [-0.39, 0.29) is 24.2 Å². The Morgan fingerprint density at radius 1 is 1.18 bits per heavy atom. The minimum atomic E-state index is -3.76. The first kappa shape index (κ1) is 24.9. The lowest BCUT2D eigenvalue weighted by Gasteiger charge is -2.36. The van der Waals surface area contributed by atoms with Crippen molar-refractivity contribution in [3.8, 4) is 5.75 Å². The van der Waals surface area contributed by atoms with Crippen LogP contribution in [0.2, 0.25) is 0 Å². The summed E-state index contributed by atoms with van der Waals surface area (Å²) < 4.78 is 51.2. The van der Waals surface area contributed by atoms with E-state index in [1.165, 1.54) is 19.2 Å². The van der Waals surface area contributed by atoms with Gasteiger partial charge in [0.1, 0.15) is 17.7 Å². The molecule has 0 saturated carbocycles. The first-order valence-corrected chi connectivity index (χ1v) is 12.0. The van der Waals surface area contributed by atoms with Gasteiger partial charge in [-0.2, -0.15) is 0 Å². The third kappa shape index (κ3) is 6.87. The van der Waals surface area contributed by atoms with Crippen LogP contribution in [0.5, 0.6) is 5.75 Å². The summed E-state index contributed by atoms with van der Waals surface area (Å²) in [4.78, 5) is 12.4. The van der Waals surface area contributed by atoms with Gasteiger partial charge in [-0.05, 0) is 55.7 Å². The number of methoxy groups -OCH3 is 1. The second-order valence-corrected chi connectivity index (χ2v) is 9.37. The van der Waals surface area contributed by atoms with E-state index in [0.29, 0.717) is 30.7 Å². The van der Waals surface area contributed by atoms with Gasteiger partial charge in [-0.3, -0.25) is 0 Å². The number of nitrogens with one attached hydrogen (secondary N) is 3. The highest BCUT2D eigenvalue weighted by molar-refractivity contribution is 7.89. The molecule has 3 atom stereocenters. The fourth-order valence-electron chi connectivity index (χ4n) is 3.64. The van der Waals surface area contributed by atoms with E-state index in [1.54, 1.807) is 24.3 Å². The standard InChI is InChI=1S/C22H28FN3O6S/c1-31-20-5-3-2-4-18(20)25-22(28)26-19-11-8-16(32-21(19)14-27)12-13-24-33(29,30)17-9-6-15(23)7-10-17/h2-7,9-10,16,19,21,24,27H,8,11-14H2,1H3,(H2,25,26,28)/t16-,19+,21-/m0/s1. The monoisotopic (exact) mass is 481 g/mol. The number of aliphatic hydroxyl groups excluding tert-OH is 1. The summed E-state index contributed by atoms with van der Waals surface area (Å²) in [5.74, 6) is 0.00811. The average molecular weight is 482 g/mol. The van der Waals surface area contributed by atoms with Crippen molar-refractivity contribution in [2.24, 2.45) is 0 Å². The molecule has 180 valence electrons. The number of rotatable bonds is 9. The Kier molecular flexibility index (Phi) is 8.61. The Balaban J connectivity index is 1.48. The van der Waals surface area contributed by atoms with Crippen molar-refractivity contribution in [2.45, 2.75) is 42.4 Å². The Labute approximate surface area is 192 Å². The molecule has 11 heteroatoms. The molecular formula is C22H28FN3O6S. The summed E-state index contributed by atoms with van der Waals surface area (Å²) in [6, 6.07) is 10.7. The zero-order chi connectivity index (χ0) is 23.8. The van der Waals surface area contributed by atoms with E-state index in [1.807, 2.05) is 0 Å². The van der Waals surface area contributed by atoms with E-state index in [4.69, 9.17) is 9.47 Å². The van der Waals surface area contributed by atoms with Gasteiger partial charge in [-0.15, -0.1) is 0 Å². The quantitative estimate of drug-likeness (QED) is 0.435. The number of urea groups is 1. The summed E-state index contributed by atoms with van der Waals surface area (Å²) in [7, 11) is -2.25. The van der Waals surface area contributed by atoms with Gasteiger partial charge in [0.2, 0.25) is 10.0 Å². The maximum Gasteiger partial charge on any atom is 0.319 e. The lowest BCUT2D eigenvalue weighted by molar-refractivity contribution is -0.0884. The van der Waals surface area contributed by atoms with Crippen molar-refractivity contribution < 1.29 is 32.2 Å². The van der Waals surface area contributed by atoms with E-state index >= 15 is 0 Å². The van der Waals surface area contributed by atoms with Gasteiger partial charge < -0.3 is 25.2 Å². The van der Waals surface area contributed by atoms with Gasteiger partial charge >= 0.3 is 6.03 Å². The van der Waals surface area contributed by atoms with Crippen LogP contribution >= 0.6 is 0 Å². The number of sulfonamides is 1. The second-order valence-electron chi connectivity index (χ2n) is 7.60. The SMILES string of the molecule is COc1ccccc1NC(=O)N[C@@H]1CC[C@@H](CCNS(=O)(=O)c2ccc(F)cc2)O[C@H]1CO. The fourth-order valence-corrected chi connectivity index (χ4v) is 4.68. The van der Waals surface area contributed by atoms with Crippen molar-refractivity contribution in [1.82, 2.24) is 10.0 Å². The van der Waals surface area contributed by atoms with Gasteiger partial charge in [0.05, 0.1) is 36.4 Å². The smallest absolute Gasteiger partial charge is 0.319 e. The molecule has 4 N–H and O–H groups in total. The van der Waals surface area contributed by atoms with Crippen molar-refractivity contribution in [3.63, 3.8) is 0 Å². The summed E-state index contributed by atoms with van der Waals surface area (Å²) >= 11 is 0. The maximum absolute atomic E-state index is 13.0. The molecule has 0 bridgehead atoms. The predicted molar refractivity (Wildman–Crippen MR) is 120 cm³/mol. The largest absolute Gasteiger partial charge is 0.495 e. The number of carbonyl (C=O) groups is 1. The average Bonchev–Trinajstić information content (AvgIpc) is 2.80. The molecule has 1 aliphatic rings. The number of aliphatic hydroxyl groups is 1. The van der Waals surface area contributed by atoms with Crippen LogP contribution in [-0.4, -0.2) is 58.1 Å². The highest BCUT2D eigenvalue weighted by atomic mass is 32.2. The number of carbonyl (C=O) groups excluding carboxylic acids is 1. The van der Waals surface area contributed by atoms with Gasteiger partial charge in [0.25, 0.3) is 0 Å². The number of hydrogen-bond acceptors (Lipinski definition) is 6. The van der Waals surface area contributed by atoms with Crippen LogP contribution in [0.15, 0.2) is 53.4 Å². The number of anilines is 1. The van der Waals surface area contributed by atoms with Crippen molar-refractivity contribution >= 4 is 21.7 Å². The molecule has 0 aromatic heterocycles. The van der Waals surface area contributed by atoms with Gasteiger partial charge in [0, 0.05) is 6.54 Å². The molecule has 33 heavy (non-hydrogen) atoms. The zero-order valence-electron chi connectivity index (χ0n) is 18.2. The highest BCUT2D eigenvalue weighted by Crippen LogP contribution is 2.24. The minimum absolute atomic E-state index is 0.0213. The van der Waals surface area contributed by atoms with Crippen molar-refractivity contribution in [2.75, 3.05) is 25.6 Å². The Hall–Kier alpha value is -2.73. The molecule has 1 heterocycles. The molecule has 9 nitrogen and oxygen atoms in total. The number of halogens is 1. The minimum Gasteiger partial charge on any atom is -0.495 e. The van der Waals surface area contributed by atoms with Crippen molar-refractivity contribution in [3.05, 3.63) is 54.3 Å². The summed E-state index contributed by atoms with van der Waals surface area (Å²) in [6.07, 6.45) is 0.611. The molecule has 2 amide bonds. The molecule has 2 aromatic rings. The lowest BCUT2D eigenvalue weighted by Crippen LogP contribution is -2.52. The number of benzene rings is 2. The molecule has 0 radical (unpaired) electrons. The molecule has 0 spiro atoms. The Morgan fingerprint density at radius 2 is 1.91 bits per heavy atom. The molecule has 3 rings (SSSR count). The van der Waals surface area contributed by atoms with Crippen LogP contribution in [0.4, 0.5) is 14.9 Å². The first-order chi connectivity index (χ1) is 15.8. The normalized spacial score (nSPS) is 20.8. The first-order valence-electron chi connectivity index (χ1n) is 10.5. The van der Waals surface area contributed by atoms with Crippen LogP contribution < -0.4 is 20.1 Å². The van der Waals surface area contributed by atoms with Crippen molar-refractivity contribution in [1.29, 1.82) is 0 Å². The third-order valence-electron chi connectivity index (χ3n) is 5.35. The topological polar surface area (TPSA) is 126 Å². The van der Waals surface area contributed by atoms with Crippen LogP contribution in [0.1, 0.15) is 19.3 Å². The molecule has 1 saturated heterocycles. The van der Waals surface area contributed by atoms with E-state index in [0.717, 1.165) is 12.1 Å². The lowest BCUT2D eigenvalue weighted by atomic mass is 9.97. The number of hydrogen-bond donors (Lipinski definition) is 4. The molecule has 1 fully saturated rings. The molecule has 0 aliphatic carbocycles. The fraction of sp³-hybridized carbons (Fsp3) is 0.409. The van der Waals surface area contributed by atoms with Crippen LogP contribution in [-0.2, 0) is 14.8 Å². The highest BCUT2D eigenvalue weighted by Gasteiger charge is 2.32. The Morgan fingerprint density at radius 3 is 2.61 bits per heavy atom. The zero-order valence-corrected chi connectivity index (χ0v) is 19.0. The third-order valence-corrected chi connectivity index (χ3v) is 6.83. The molecule has 2 aromatic carbocycles. The number of amides is 2. The van der Waals surface area contributed by atoms with Gasteiger partial charge in [-0.25, -0.2) is 22.3 Å².